The summed E-state index contributed by atoms with van der Waals surface area (Å²) in [4.78, 5) is 0. The van der Waals surface area contributed by atoms with Crippen LogP contribution in [0.15, 0.2) is 24.8 Å². The maximum Gasteiger partial charge on any atom is 0.282 e. The molecule has 0 aromatic rings. The molecule has 1 aliphatic carbocycles. The molecule has 2 aliphatic rings. The molecule has 0 radical (unpaired) electrons. The molecule has 0 aromatic heterocycles. The van der Waals surface area contributed by atoms with Gasteiger partial charge >= 0.3 is 0 Å². The van der Waals surface area contributed by atoms with E-state index in [0.29, 0.717) is 6.42 Å². The number of rotatable bonds is 4. The van der Waals surface area contributed by atoms with Crippen LogP contribution in [0.2, 0.25) is 0 Å². The van der Waals surface area contributed by atoms with Crippen molar-refractivity contribution in [1.29, 1.82) is 0 Å². The molecule has 0 bridgehead atoms. The smallest absolute Gasteiger partial charge is 0.282 e. The average Bonchev–Trinajstić information content (AvgIpc) is 2.76. The highest BCUT2D eigenvalue weighted by molar-refractivity contribution is 7.57. The van der Waals surface area contributed by atoms with Gasteiger partial charge in [0, 0.05) is 12.6 Å². The predicted molar refractivity (Wildman–Crippen MR) is 81.9 cm³/mol. The second-order valence-corrected chi connectivity index (χ2v) is 8.55. The van der Waals surface area contributed by atoms with Gasteiger partial charge in [-0.25, -0.2) is 4.67 Å². The Labute approximate surface area is 122 Å². The van der Waals surface area contributed by atoms with Crippen LogP contribution < -0.4 is 0 Å². The third-order valence-electron chi connectivity index (χ3n) is 4.25. The number of hydrogen-bond acceptors (Lipinski definition) is 3. The summed E-state index contributed by atoms with van der Waals surface area (Å²) in [7, 11) is -3.15. The van der Waals surface area contributed by atoms with Gasteiger partial charge < -0.3 is 9.63 Å². The van der Waals surface area contributed by atoms with E-state index >= 15 is 0 Å². The van der Waals surface area contributed by atoms with Gasteiger partial charge in [-0.1, -0.05) is 18.2 Å². The molecule has 1 heterocycles. The quantitative estimate of drug-likeness (QED) is 0.639. The van der Waals surface area contributed by atoms with E-state index in [2.05, 4.69) is 6.58 Å². The van der Waals surface area contributed by atoms with Crippen LogP contribution in [0.4, 0.5) is 0 Å². The maximum absolute atomic E-state index is 13.6. The molecule has 0 spiro atoms. The van der Waals surface area contributed by atoms with Gasteiger partial charge in [0.25, 0.3) is 7.52 Å². The van der Waals surface area contributed by atoms with Gasteiger partial charge in [-0.3, -0.25) is 4.57 Å². The molecule has 4 atom stereocenters. The van der Waals surface area contributed by atoms with Crippen LogP contribution >= 0.6 is 7.52 Å². The van der Waals surface area contributed by atoms with Gasteiger partial charge in [-0.05, 0) is 40.0 Å². The molecular weight excluding hydrogens is 273 g/mol. The summed E-state index contributed by atoms with van der Waals surface area (Å²) in [6, 6.07) is 0.116. The fourth-order valence-electron chi connectivity index (χ4n) is 3.18. The molecule has 2 rings (SSSR count). The summed E-state index contributed by atoms with van der Waals surface area (Å²) < 4.78 is 21.4. The summed E-state index contributed by atoms with van der Waals surface area (Å²) in [6.07, 6.45) is 7.52. The van der Waals surface area contributed by atoms with Crippen molar-refractivity contribution < 1.29 is 14.2 Å². The van der Waals surface area contributed by atoms with Crippen LogP contribution in [0, 0.1) is 0 Å². The van der Waals surface area contributed by atoms with Crippen LogP contribution in [0.25, 0.3) is 0 Å². The molecule has 114 valence electrons. The second-order valence-electron chi connectivity index (χ2n) is 6.14. The van der Waals surface area contributed by atoms with E-state index in [9.17, 15) is 9.67 Å². The summed E-state index contributed by atoms with van der Waals surface area (Å²) in [5, 5.41) is 10.8. The highest BCUT2D eigenvalue weighted by Gasteiger charge is 2.52. The summed E-state index contributed by atoms with van der Waals surface area (Å²) >= 11 is 0. The highest BCUT2D eigenvalue weighted by atomic mass is 31.2. The predicted octanol–water partition coefficient (Wildman–Crippen LogP) is 3.33. The lowest BCUT2D eigenvalue weighted by Crippen LogP contribution is -2.47. The van der Waals surface area contributed by atoms with Gasteiger partial charge in [-0.2, -0.15) is 0 Å². The molecule has 20 heavy (non-hydrogen) atoms. The van der Waals surface area contributed by atoms with Crippen molar-refractivity contribution >= 4 is 7.52 Å². The van der Waals surface area contributed by atoms with Gasteiger partial charge in [-0.15, -0.1) is 6.58 Å². The summed E-state index contributed by atoms with van der Waals surface area (Å²) in [5.74, 6) is 0. The number of hydrogen-bond donors (Lipinski definition) is 1. The minimum Gasteiger partial charge on any atom is -0.385 e. The topological polar surface area (TPSA) is 49.8 Å². The first-order chi connectivity index (χ1) is 9.33. The van der Waals surface area contributed by atoms with Crippen LogP contribution in [-0.2, 0) is 9.09 Å². The molecule has 1 fully saturated rings. The molecular formula is C15H26NO3P. The van der Waals surface area contributed by atoms with E-state index in [-0.39, 0.29) is 12.1 Å². The molecule has 4 nitrogen and oxygen atoms in total. The Hall–Kier alpha value is -0.410. The Kier molecular flexibility index (Phi) is 4.60. The Morgan fingerprint density at radius 2 is 2.30 bits per heavy atom. The molecule has 1 aliphatic heterocycles. The number of aliphatic hydroxyl groups is 1. The van der Waals surface area contributed by atoms with Crippen LogP contribution in [0.3, 0.4) is 0 Å². The maximum atomic E-state index is 13.6. The lowest BCUT2D eigenvalue weighted by Gasteiger charge is -2.46. The van der Waals surface area contributed by atoms with E-state index < -0.39 is 18.8 Å². The molecule has 5 heteroatoms. The molecule has 0 amide bonds. The van der Waals surface area contributed by atoms with Crippen molar-refractivity contribution in [2.75, 3.05) is 6.54 Å². The monoisotopic (exact) mass is 299 g/mol. The zero-order chi connectivity index (χ0) is 15.0. The summed E-state index contributed by atoms with van der Waals surface area (Å²) in [5.41, 5.74) is -1.67. The van der Waals surface area contributed by atoms with Crippen molar-refractivity contribution in [3.63, 3.8) is 0 Å². The molecule has 0 saturated carbocycles. The van der Waals surface area contributed by atoms with E-state index in [0.717, 1.165) is 19.4 Å². The van der Waals surface area contributed by atoms with E-state index in [1.165, 1.54) is 0 Å². The first kappa shape index (κ1) is 16.0. The zero-order valence-electron chi connectivity index (χ0n) is 12.7. The van der Waals surface area contributed by atoms with Crippen LogP contribution in [0.5, 0.6) is 0 Å². The molecule has 1 N–H and O–H groups in total. The lowest BCUT2D eigenvalue weighted by atomic mass is 9.99. The Balaban J connectivity index is 2.39. The fraction of sp³-hybridized carbons (Fsp3) is 0.733. The van der Waals surface area contributed by atoms with Gasteiger partial charge in [0.2, 0.25) is 0 Å². The Morgan fingerprint density at radius 3 is 2.80 bits per heavy atom. The number of nitrogens with zero attached hydrogens (tertiary/aromatic N) is 1. The van der Waals surface area contributed by atoms with Crippen molar-refractivity contribution in [2.45, 2.75) is 63.4 Å². The molecule has 0 aromatic carbocycles. The SMILES string of the molecule is C=CC(C1(O)C=CCC1)P1(=O)O[C@@H](C)CCN1C(C)C. The second kappa shape index (κ2) is 5.76. The van der Waals surface area contributed by atoms with Gasteiger partial charge in [0.15, 0.2) is 0 Å². The van der Waals surface area contributed by atoms with Crippen molar-refractivity contribution in [3.8, 4) is 0 Å². The lowest BCUT2D eigenvalue weighted by molar-refractivity contribution is 0.0704. The largest absolute Gasteiger partial charge is 0.385 e. The van der Waals surface area contributed by atoms with Gasteiger partial charge in [0.1, 0.15) is 5.66 Å². The van der Waals surface area contributed by atoms with Crippen LogP contribution in [-0.4, -0.2) is 39.7 Å². The van der Waals surface area contributed by atoms with Crippen molar-refractivity contribution in [3.05, 3.63) is 24.8 Å². The molecule has 1 saturated heterocycles. The first-order valence-corrected chi connectivity index (χ1v) is 9.06. The van der Waals surface area contributed by atoms with E-state index in [1.54, 1.807) is 12.2 Å². The minimum atomic E-state index is -3.15. The van der Waals surface area contributed by atoms with E-state index in [4.69, 9.17) is 4.52 Å². The average molecular weight is 299 g/mol. The highest BCUT2D eigenvalue weighted by Crippen LogP contribution is 2.63. The Bertz CT molecular complexity index is 448. The normalized spacial score (nSPS) is 40.1. The van der Waals surface area contributed by atoms with Crippen molar-refractivity contribution in [2.24, 2.45) is 0 Å². The van der Waals surface area contributed by atoms with Crippen molar-refractivity contribution in [1.82, 2.24) is 4.67 Å². The zero-order valence-corrected chi connectivity index (χ0v) is 13.6. The third-order valence-corrected chi connectivity index (χ3v) is 7.66. The summed E-state index contributed by atoms with van der Waals surface area (Å²) in [6.45, 7) is 10.5. The number of allylic oxidation sites excluding steroid dienone is 1. The Morgan fingerprint density at radius 1 is 1.60 bits per heavy atom. The fourth-order valence-corrected chi connectivity index (χ4v) is 6.46. The standard InChI is InChI=1S/C15H26NO3P/c1-5-14(15(17)9-6-7-10-15)20(18)16(12(2)3)11-8-13(4)19-20/h5-6,9,12-14,17H,1,7-8,10-11H2,2-4H3/t13-,14?,15?,20?/m0/s1. The van der Waals surface area contributed by atoms with Crippen LogP contribution in [0.1, 0.15) is 40.0 Å². The third kappa shape index (κ3) is 2.67. The minimum absolute atomic E-state index is 0.0488. The first-order valence-electron chi connectivity index (χ1n) is 7.41. The molecule has 3 unspecified atom stereocenters. The van der Waals surface area contributed by atoms with E-state index in [1.807, 2.05) is 31.5 Å². The van der Waals surface area contributed by atoms with Gasteiger partial charge in [0.05, 0.1) is 11.7 Å².